The monoisotopic (exact) mass is 230 g/mol. The summed E-state index contributed by atoms with van der Waals surface area (Å²) >= 11 is 1.52. The first-order valence-electron chi connectivity index (χ1n) is 5.21. The van der Waals surface area contributed by atoms with E-state index in [1.165, 1.54) is 11.3 Å². The standard InChI is InChI=1S/C13H10O2S/c14-13(10-5-3-7-15-10)12-8-9-4-1-2-6-11(9)16-12/h1-2,4-6,8H,3,7H2. The second-order valence-corrected chi connectivity index (χ2v) is 4.77. The van der Waals surface area contributed by atoms with Gasteiger partial charge in [0.05, 0.1) is 11.5 Å². The van der Waals surface area contributed by atoms with Gasteiger partial charge < -0.3 is 4.74 Å². The van der Waals surface area contributed by atoms with Gasteiger partial charge in [-0.3, -0.25) is 4.79 Å². The maximum absolute atomic E-state index is 12.0. The van der Waals surface area contributed by atoms with E-state index in [0.29, 0.717) is 12.4 Å². The molecule has 0 fully saturated rings. The zero-order valence-electron chi connectivity index (χ0n) is 8.60. The van der Waals surface area contributed by atoms with Crippen molar-refractivity contribution < 1.29 is 9.53 Å². The van der Waals surface area contributed by atoms with Gasteiger partial charge in [-0.05, 0) is 23.6 Å². The molecule has 3 heteroatoms. The summed E-state index contributed by atoms with van der Waals surface area (Å²) in [5, 5.41) is 1.12. The molecular formula is C13H10O2S. The number of fused-ring (bicyclic) bond motifs is 1. The highest BCUT2D eigenvalue weighted by molar-refractivity contribution is 7.21. The van der Waals surface area contributed by atoms with Crippen molar-refractivity contribution in [2.24, 2.45) is 0 Å². The van der Waals surface area contributed by atoms with Crippen LogP contribution in [0.25, 0.3) is 10.1 Å². The van der Waals surface area contributed by atoms with Crippen LogP contribution in [0.15, 0.2) is 42.2 Å². The molecule has 0 amide bonds. The van der Waals surface area contributed by atoms with Crippen molar-refractivity contribution in [1.29, 1.82) is 0 Å². The number of ketones is 1. The third-order valence-electron chi connectivity index (χ3n) is 2.58. The van der Waals surface area contributed by atoms with Gasteiger partial charge in [0.1, 0.15) is 0 Å². The number of hydrogen-bond acceptors (Lipinski definition) is 3. The zero-order valence-corrected chi connectivity index (χ0v) is 9.42. The number of Topliss-reactive ketones (excluding diaryl/α,β-unsaturated/α-hetero) is 1. The fraction of sp³-hybridized carbons (Fsp3) is 0.154. The normalized spacial score (nSPS) is 14.9. The molecule has 2 aromatic rings. The molecule has 0 aliphatic carbocycles. The molecule has 16 heavy (non-hydrogen) atoms. The van der Waals surface area contributed by atoms with E-state index in [1.54, 1.807) is 0 Å². The molecule has 0 atom stereocenters. The van der Waals surface area contributed by atoms with Crippen molar-refractivity contribution in [2.45, 2.75) is 6.42 Å². The summed E-state index contributed by atoms with van der Waals surface area (Å²) in [4.78, 5) is 12.8. The van der Waals surface area contributed by atoms with Crippen LogP contribution in [0.5, 0.6) is 0 Å². The van der Waals surface area contributed by atoms with E-state index in [-0.39, 0.29) is 5.78 Å². The Morgan fingerprint density at radius 2 is 2.19 bits per heavy atom. The summed E-state index contributed by atoms with van der Waals surface area (Å²) in [6.07, 6.45) is 2.71. The van der Waals surface area contributed by atoms with Gasteiger partial charge in [0.25, 0.3) is 0 Å². The second-order valence-electron chi connectivity index (χ2n) is 3.68. The van der Waals surface area contributed by atoms with Gasteiger partial charge in [-0.25, -0.2) is 0 Å². The fourth-order valence-electron chi connectivity index (χ4n) is 1.79. The van der Waals surface area contributed by atoms with Gasteiger partial charge in [-0.15, -0.1) is 11.3 Å². The number of carbonyl (C=O) groups excluding carboxylic acids is 1. The number of benzene rings is 1. The van der Waals surface area contributed by atoms with Crippen molar-refractivity contribution in [3.63, 3.8) is 0 Å². The van der Waals surface area contributed by atoms with Crippen LogP contribution < -0.4 is 0 Å². The van der Waals surface area contributed by atoms with Gasteiger partial charge in [-0.1, -0.05) is 18.2 Å². The lowest BCUT2D eigenvalue weighted by Gasteiger charge is -1.98. The highest BCUT2D eigenvalue weighted by Crippen LogP contribution is 2.28. The smallest absolute Gasteiger partial charge is 0.237 e. The van der Waals surface area contributed by atoms with Crippen molar-refractivity contribution in [3.8, 4) is 0 Å². The average molecular weight is 230 g/mol. The molecule has 0 saturated heterocycles. The minimum absolute atomic E-state index is 0.0127. The Labute approximate surface area is 97.2 Å². The maximum Gasteiger partial charge on any atom is 0.237 e. The van der Waals surface area contributed by atoms with Gasteiger partial charge >= 0.3 is 0 Å². The van der Waals surface area contributed by atoms with E-state index in [9.17, 15) is 4.79 Å². The molecule has 0 spiro atoms. The molecule has 0 radical (unpaired) electrons. The van der Waals surface area contributed by atoms with E-state index < -0.39 is 0 Å². The topological polar surface area (TPSA) is 26.3 Å². The number of hydrogen-bond donors (Lipinski definition) is 0. The van der Waals surface area contributed by atoms with Crippen molar-refractivity contribution in [1.82, 2.24) is 0 Å². The van der Waals surface area contributed by atoms with Crippen LogP contribution in [0.3, 0.4) is 0 Å². The van der Waals surface area contributed by atoms with Crippen LogP contribution >= 0.6 is 11.3 Å². The SMILES string of the molecule is O=C(C1=CCCO1)c1cc2ccccc2s1. The maximum atomic E-state index is 12.0. The lowest BCUT2D eigenvalue weighted by Crippen LogP contribution is -2.01. The number of thiophene rings is 1. The first kappa shape index (κ1) is 9.60. The van der Waals surface area contributed by atoms with Crippen molar-refractivity contribution >= 4 is 27.2 Å². The summed E-state index contributed by atoms with van der Waals surface area (Å²) < 4.78 is 6.43. The minimum atomic E-state index is 0.0127. The highest BCUT2D eigenvalue weighted by atomic mass is 32.1. The molecule has 2 nitrogen and oxygen atoms in total. The average Bonchev–Trinajstić information content (AvgIpc) is 2.97. The molecule has 1 aliphatic heterocycles. The second kappa shape index (κ2) is 3.76. The zero-order chi connectivity index (χ0) is 11.0. The van der Waals surface area contributed by atoms with Crippen LogP contribution in [0.4, 0.5) is 0 Å². The largest absolute Gasteiger partial charge is 0.489 e. The Kier molecular flexibility index (Phi) is 2.26. The quantitative estimate of drug-likeness (QED) is 0.739. The third-order valence-corrected chi connectivity index (χ3v) is 3.69. The molecule has 80 valence electrons. The van der Waals surface area contributed by atoms with Crippen LogP contribution in [-0.4, -0.2) is 12.4 Å². The van der Waals surface area contributed by atoms with Crippen LogP contribution in [0.2, 0.25) is 0 Å². The number of allylic oxidation sites excluding steroid dienone is 1. The fourth-order valence-corrected chi connectivity index (χ4v) is 2.80. The Hall–Kier alpha value is -1.61. The van der Waals surface area contributed by atoms with Crippen LogP contribution in [0, 0.1) is 0 Å². The van der Waals surface area contributed by atoms with Crippen LogP contribution in [0.1, 0.15) is 16.1 Å². The van der Waals surface area contributed by atoms with Gasteiger partial charge in [0, 0.05) is 11.1 Å². The molecule has 0 saturated carbocycles. The number of ether oxygens (including phenoxy) is 1. The Morgan fingerprint density at radius 3 is 2.94 bits per heavy atom. The number of rotatable bonds is 2. The molecule has 0 N–H and O–H groups in total. The molecule has 1 aromatic carbocycles. The Bertz CT molecular complexity index is 547. The van der Waals surface area contributed by atoms with E-state index in [4.69, 9.17) is 4.74 Å². The molecule has 2 heterocycles. The van der Waals surface area contributed by atoms with E-state index >= 15 is 0 Å². The van der Waals surface area contributed by atoms with Crippen molar-refractivity contribution in [2.75, 3.05) is 6.61 Å². The molecule has 3 rings (SSSR count). The molecule has 1 aromatic heterocycles. The summed E-state index contributed by atoms with van der Waals surface area (Å²) in [6.45, 7) is 0.631. The highest BCUT2D eigenvalue weighted by Gasteiger charge is 2.18. The van der Waals surface area contributed by atoms with E-state index in [1.807, 2.05) is 36.4 Å². The lowest BCUT2D eigenvalue weighted by atomic mass is 10.2. The minimum Gasteiger partial charge on any atom is -0.489 e. The Morgan fingerprint density at radius 1 is 1.31 bits per heavy atom. The summed E-state index contributed by atoms with van der Waals surface area (Å²) in [7, 11) is 0. The van der Waals surface area contributed by atoms with Crippen molar-refractivity contribution in [3.05, 3.63) is 47.0 Å². The molecule has 0 unspecified atom stereocenters. The Balaban J connectivity index is 2.02. The molecular weight excluding hydrogens is 220 g/mol. The predicted molar refractivity (Wildman–Crippen MR) is 64.8 cm³/mol. The molecule has 1 aliphatic rings. The first-order chi connectivity index (χ1) is 7.84. The number of carbonyl (C=O) groups is 1. The van der Waals surface area contributed by atoms with Gasteiger partial charge in [0.2, 0.25) is 5.78 Å². The first-order valence-corrected chi connectivity index (χ1v) is 6.02. The lowest BCUT2D eigenvalue weighted by molar-refractivity contribution is 0.0946. The van der Waals surface area contributed by atoms with Gasteiger partial charge in [-0.2, -0.15) is 0 Å². The van der Waals surface area contributed by atoms with E-state index in [2.05, 4.69) is 0 Å². The third kappa shape index (κ3) is 1.53. The molecule has 0 bridgehead atoms. The van der Waals surface area contributed by atoms with E-state index in [0.717, 1.165) is 21.4 Å². The summed E-state index contributed by atoms with van der Waals surface area (Å²) in [6, 6.07) is 9.95. The summed E-state index contributed by atoms with van der Waals surface area (Å²) in [5.41, 5.74) is 0. The predicted octanol–water partition coefficient (Wildman–Crippen LogP) is 3.39. The van der Waals surface area contributed by atoms with Gasteiger partial charge in [0.15, 0.2) is 5.76 Å². The van der Waals surface area contributed by atoms with Crippen LogP contribution in [-0.2, 0) is 4.74 Å². The summed E-state index contributed by atoms with van der Waals surface area (Å²) in [5.74, 6) is 0.519.